The number of rotatable bonds is 4. The summed E-state index contributed by atoms with van der Waals surface area (Å²) >= 11 is 0. The van der Waals surface area contributed by atoms with Crippen LogP contribution in [0.2, 0.25) is 0 Å². The van der Waals surface area contributed by atoms with Crippen molar-refractivity contribution in [1.29, 1.82) is 0 Å². The second-order valence-electron chi connectivity index (χ2n) is 3.80. The van der Waals surface area contributed by atoms with E-state index in [2.05, 4.69) is 0 Å². The molecule has 0 aromatic heterocycles. The minimum Gasteiger partial charge on any atom is -0.508 e. The molecule has 3 heteroatoms. The molecule has 0 amide bonds. The minimum absolute atomic E-state index is 0.0645. The molecule has 0 aliphatic heterocycles. The average Bonchev–Trinajstić information content (AvgIpc) is 2.19. The van der Waals surface area contributed by atoms with Gasteiger partial charge in [-0.1, -0.05) is 19.1 Å². The van der Waals surface area contributed by atoms with Crippen LogP contribution in [0.5, 0.6) is 5.75 Å². The number of hydrogen-bond acceptors (Lipinski definition) is 3. The van der Waals surface area contributed by atoms with E-state index < -0.39 is 0 Å². The summed E-state index contributed by atoms with van der Waals surface area (Å²) in [6.45, 7) is 2.57. The van der Waals surface area contributed by atoms with Gasteiger partial charge in [0.1, 0.15) is 5.75 Å². The standard InChI is InChI=1S/C11H17NO2/c1-11(8-13,6-7-12)9-2-4-10(14)5-3-9/h2-5,13-14H,6-8,12H2,1H3. The first-order chi connectivity index (χ1) is 6.62. The third-order valence-corrected chi connectivity index (χ3v) is 2.61. The van der Waals surface area contributed by atoms with E-state index in [4.69, 9.17) is 10.8 Å². The molecule has 78 valence electrons. The highest BCUT2D eigenvalue weighted by molar-refractivity contribution is 5.31. The highest BCUT2D eigenvalue weighted by Crippen LogP contribution is 2.27. The second kappa shape index (κ2) is 4.44. The van der Waals surface area contributed by atoms with E-state index >= 15 is 0 Å². The summed E-state index contributed by atoms with van der Waals surface area (Å²) in [6, 6.07) is 6.89. The Bertz CT molecular complexity index is 284. The van der Waals surface area contributed by atoms with Crippen molar-refractivity contribution in [2.75, 3.05) is 13.2 Å². The van der Waals surface area contributed by atoms with Crippen molar-refractivity contribution in [3.05, 3.63) is 29.8 Å². The molecule has 1 aromatic rings. The Morgan fingerprint density at radius 1 is 1.29 bits per heavy atom. The van der Waals surface area contributed by atoms with Gasteiger partial charge in [-0.15, -0.1) is 0 Å². The average molecular weight is 195 g/mol. The molecule has 1 atom stereocenters. The first-order valence-corrected chi connectivity index (χ1v) is 4.73. The van der Waals surface area contributed by atoms with Crippen molar-refractivity contribution in [2.24, 2.45) is 5.73 Å². The maximum Gasteiger partial charge on any atom is 0.115 e. The third kappa shape index (κ3) is 2.25. The molecule has 1 unspecified atom stereocenters. The van der Waals surface area contributed by atoms with Crippen molar-refractivity contribution in [3.8, 4) is 5.75 Å². The lowest BCUT2D eigenvalue weighted by atomic mass is 9.80. The zero-order chi connectivity index (χ0) is 10.6. The summed E-state index contributed by atoms with van der Waals surface area (Å²) in [5, 5.41) is 18.5. The van der Waals surface area contributed by atoms with E-state index in [1.807, 2.05) is 19.1 Å². The van der Waals surface area contributed by atoms with E-state index in [1.54, 1.807) is 12.1 Å². The fourth-order valence-electron chi connectivity index (χ4n) is 1.50. The van der Waals surface area contributed by atoms with Crippen molar-refractivity contribution in [1.82, 2.24) is 0 Å². The van der Waals surface area contributed by atoms with E-state index in [0.717, 1.165) is 12.0 Å². The van der Waals surface area contributed by atoms with Gasteiger partial charge in [0.15, 0.2) is 0 Å². The monoisotopic (exact) mass is 195 g/mol. The molecule has 0 radical (unpaired) electrons. The topological polar surface area (TPSA) is 66.5 Å². The van der Waals surface area contributed by atoms with Crippen LogP contribution in [0.25, 0.3) is 0 Å². The SMILES string of the molecule is CC(CO)(CCN)c1ccc(O)cc1. The minimum atomic E-state index is -0.303. The normalized spacial score (nSPS) is 15.1. The van der Waals surface area contributed by atoms with Crippen LogP contribution < -0.4 is 5.73 Å². The maximum absolute atomic E-state index is 9.32. The molecule has 0 spiro atoms. The van der Waals surface area contributed by atoms with Gasteiger partial charge in [-0.2, -0.15) is 0 Å². The Balaban J connectivity index is 2.94. The fourth-order valence-corrected chi connectivity index (χ4v) is 1.50. The first-order valence-electron chi connectivity index (χ1n) is 4.73. The number of aliphatic hydroxyl groups is 1. The van der Waals surface area contributed by atoms with Crippen LogP contribution in [-0.2, 0) is 5.41 Å². The molecular weight excluding hydrogens is 178 g/mol. The number of aromatic hydroxyl groups is 1. The van der Waals surface area contributed by atoms with Crippen molar-refractivity contribution >= 4 is 0 Å². The molecule has 0 saturated heterocycles. The second-order valence-corrected chi connectivity index (χ2v) is 3.80. The number of phenols is 1. The molecule has 1 aromatic carbocycles. The van der Waals surface area contributed by atoms with Gasteiger partial charge in [0.25, 0.3) is 0 Å². The number of nitrogens with two attached hydrogens (primary N) is 1. The Hall–Kier alpha value is -1.06. The summed E-state index contributed by atoms with van der Waals surface area (Å²) in [5.41, 5.74) is 6.20. The van der Waals surface area contributed by atoms with E-state index in [0.29, 0.717) is 6.54 Å². The fraction of sp³-hybridized carbons (Fsp3) is 0.455. The number of hydrogen-bond donors (Lipinski definition) is 3. The van der Waals surface area contributed by atoms with E-state index in [9.17, 15) is 5.11 Å². The van der Waals surface area contributed by atoms with Crippen molar-refractivity contribution in [2.45, 2.75) is 18.8 Å². The number of aliphatic hydroxyl groups excluding tert-OH is 1. The van der Waals surface area contributed by atoms with Crippen LogP contribution in [0.1, 0.15) is 18.9 Å². The molecule has 0 aliphatic rings. The lowest BCUT2D eigenvalue weighted by Crippen LogP contribution is -2.29. The van der Waals surface area contributed by atoms with Gasteiger partial charge in [0.05, 0.1) is 6.61 Å². The third-order valence-electron chi connectivity index (χ3n) is 2.61. The summed E-state index contributed by atoms with van der Waals surface area (Å²) in [4.78, 5) is 0. The van der Waals surface area contributed by atoms with E-state index in [-0.39, 0.29) is 17.8 Å². The highest BCUT2D eigenvalue weighted by atomic mass is 16.3. The Morgan fingerprint density at radius 3 is 2.29 bits per heavy atom. The van der Waals surface area contributed by atoms with Gasteiger partial charge in [-0.05, 0) is 30.7 Å². The van der Waals surface area contributed by atoms with Gasteiger partial charge in [-0.25, -0.2) is 0 Å². The maximum atomic E-state index is 9.32. The largest absolute Gasteiger partial charge is 0.508 e. The van der Waals surface area contributed by atoms with Crippen LogP contribution >= 0.6 is 0 Å². The van der Waals surface area contributed by atoms with Gasteiger partial charge >= 0.3 is 0 Å². The summed E-state index contributed by atoms with van der Waals surface area (Å²) in [6.07, 6.45) is 0.730. The lowest BCUT2D eigenvalue weighted by Gasteiger charge is -2.27. The number of benzene rings is 1. The van der Waals surface area contributed by atoms with Crippen molar-refractivity contribution in [3.63, 3.8) is 0 Å². The molecule has 0 bridgehead atoms. The van der Waals surface area contributed by atoms with Gasteiger partial charge in [0.2, 0.25) is 0 Å². The highest BCUT2D eigenvalue weighted by Gasteiger charge is 2.24. The molecule has 4 N–H and O–H groups in total. The zero-order valence-corrected chi connectivity index (χ0v) is 8.40. The first kappa shape index (κ1) is 11.0. The zero-order valence-electron chi connectivity index (χ0n) is 8.40. The van der Waals surface area contributed by atoms with Crippen LogP contribution in [-0.4, -0.2) is 23.4 Å². The number of phenolic OH excluding ortho intramolecular Hbond substituents is 1. The molecule has 0 heterocycles. The summed E-state index contributed by atoms with van der Waals surface area (Å²) in [7, 11) is 0. The smallest absolute Gasteiger partial charge is 0.115 e. The molecule has 0 saturated carbocycles. The Kier molecular flexibility index (Phi) is 3.49. The molecule has 0 fully saturated rings. The van der Waals surface area contributed by atoms with Crippen LogP contribution in [0, 0.1) is 0 Å². The van der Waals surface area contributed by atoms with Crippen LogP contribution in [0.4, 0.5) is 0 Å². The lowest BCUT2D eigenvalue weighted by molar-refractivity contribution is 0.199. The predicted octanol–water partition coefficient (Wildman–Crippen LogP) is 0.991. The van der Waals surface area contributed by atoms with Gasteiger partial charge < -0.3 is 15.9 Å². The Morgan fingerprint density at radius 2 is 1.86 bits per heavy atom. The Labute approximate surface area is 84.2 Å². The molecule has 3 nitrogen and oxygen atoms in total. The predicted molar refractivity (Wildman–Crippen MR) is 56.2 cm³/mol. The molecule has 1 rings (SSSR count). The van der Waals surface area contributed by atoms with Gasteiger partial charge in [-0.3, -0.25) is 0 Å². The van der Waals surface area contributed by atoms with Crippen molar-refractivity contribution < 1.29 is 10.2 Å². The van der Waals surface area contributed by atoms with Crippen LogP contribution in [0.3, 0.4) is 0 Å². The molecule has 0 aliphatic carbocycles. The van der Waals surface area contributed by atoms with Gasteiger partial charge in [0, 0.05) is 5.41 Å². The summed E-state index contributed by atoms with van der Waals surface area (Å²) < 4.78 is 0. The summed E-state index contributed by atoms with van der Waals surface area (Å²) in [5.74, 6) is 0.238. The van der Waals surface area contributed by atoms with E-state index in [1.165, 1.54) is 0 Å². The molecule has 14 heavy (non-hydrogen) atoms. The van der Waals surface area contributed by atoms with Crippen LogP contribution in [0.15, 0.2) is 24.3 Å². The molecular formula is C11H17NO2. The quantitative estimate of drug-likeness (QED) is 0.671.